The number of ether oxygens (including phenoxy) is 8. The molecular formula is C76H62O8. The Morgan fingerprint density at radius 1 is 0.274 bits per heavy atom. The van der Waals surface area contributed by atoms with Crippen LogP contribution in [0.4, 0.5) is 0 Å². The van der Waals surface area contributed by atoms with Gasteiger partial charge in [0.1, 0.15) is 71.8 Å². The van der Waals surface area contributed by atoms with Gasteiger partial charge in [0.25, 0.3) is 0 Å². The number of fused-ring (bicyclic) bond motifs is 10. The average Bonchev–Trinajstić information content (AvgIpc) is 1.58. The first-order chi connectivity index (χ1) is 40.8. The number of hydrogen-bond donors (Lipinski definition) is 0. The Balaban J connectivity index is 0.880. The van der Waals surface area contributed by atoms with Crippen molar-refractivity contribution in [3.05, 3.63) is 251 Å². The third-order valence-electron chi connectivity index (χ3n) is 18.9. The topological polar surface area (TPSA) is 87.0 Å². The first-order valence-corrected chi connectivity index (χ1v) is 29.5. The van der Waals surface area contributed by atoms with Crippen LogP contribution >= 0.6 is 0 Å². The molecule has 4 saturated heterocycles. The van der Waals surface area contributed by atoms with Gasteiger partial charge >= 0.3 is 0 Å². The van der Waals surface area contributed by atoms with E-state index >= 15 is 0 Å². The predicted molar refractivity (Wildman–Crippen MR) is 330 cm³/mol. The Kier molecular flexibility index (Phi) is 10.7. The second-order valence-corrected chi connectivity index (χ2v) is 25.5. The Morgan fingerprint density at radius 2 is 0.524 bits per heavy atom. The third-order valence-corrected chi connectivity index (χ3v) is 18.9. The lowest BCUT2D eigenvalue weighted by molar-refractivity contribution is 0.202. The molecule has 0 bridgehead atoms. The van der Waals surface area contributed by atoms with Gasteiger partial charge in [0, 0.05) is 0 Å². The molecular weight excluding hydrogens is 1040 g/mol. The maximum absolute atomic E-state index is 6.32. The molecule has 17 rings (SSSR count). The van der Waals surface area contributed by atoms with Crippen LogP contribution in [0.15, 0.2) is 206 Å². The lowest BCUT2D eigenvalue weighted by Crippen LogP contribution is -2.30. The van der Waals surface area contributed by atoms with Gasteiger partial charge < -0.3 is 37.9 Å². The average molecular weight is 1100 g/mol. The lowest BCUT2D eigenvalue weighted by atomic mass is 9.65. The minimum Gasteiger partial charge on any atom is -0.490 e. The summed E-state index contributed by atoms with van der Waals surface area (Å²) >= 11 is 0. The van der Waals surface area contributed by atoms with Crippen LogP contribution in [0.1, 0.15) is 72.2 Å². The highest BCUT2D eigenvalue weighted by Crippen LogP contribution is 2.63. The minimum atomic E-state index is -0.735. The molecule has 414 valence electrons. The van der Waals surface area contributed by atoms with Crippen LogP contribution in [0.5, 0.6) is 23.0 Å². The van der Waals surface area contributed by atoms with Crippen molar-refractivity contribution >= 4 is 43.1 Å². The van der Waals surface area contributed by atoms with Gasteiger partial charge in [-0.3, -0.25) is 0 Å². The summed E-state index contributed by atoms with van der Waals surface area (Å²) in [5.74, 6) is 3.35. The molecule has 4 unspecified atom stereocenters. The number of epoxide rings is 4. The first kappa shape index (κ1) is 50.1. The molecule has 8 heteroatoms. The van der Waals surface area contributed by atoms with Crippen LogP contribution in [0, 0.1) is 0 Å². The lowest BCUT2D eigenvalue weighted by Gasteiger charge is -2.36. The summed E-state index contributed by atoms with van der Waals surface area (Å²) in [4.78, 5) is 0. The van der Waals surface area contributed by atoms with Crippen LogP contribution in [-0.4, -0.2) is 75.3 Å². The van der Waals surface area contributed by atoms with E-state index in [9.17, 15) is 0 Å². The van der Waals surface area contributed by atoms with E-state index in [1.807, 2.05) is 0 Å². The molecule has 4 heterocycles. The number of rotatable bonds is 16. The molecule has 8 nitrogen and oxygen atoms in total. The van der Waals surface area contributed by atoms with E-state index in [0.29, 0.717) is 26.4 Å². The van der Waals surface area contributed by atoms with E-state index in [2.05, 4.69) is 234 Å². The van der Waals surface area contributed by atoms with Crippen LogP contribution in [0.25, 0.3) is 65.3 Å². The first-order valence-electron chi connectivity index (χ1n) is 29.5. The summed E-state index contributed by atoms with van der Waals surface area (Å²) in [7, 11) is 0. The smallest absolute Gasteiger partial charge is 0.123 e. The summed E-state index contributed by atoms with van der Waals surface area (Å²) in [5.41, 5.74) is 12.3. The van der Waals surface area contributed by atoms with Gasteiger partial charge in [-0.25, -0.2) is 0 Å². The highest BCUT2D eigenvalue weighted by atomic mass is 16.6. The fraction of sp³-hybridized carbons (Fsp3) is 0.237. The fourth-order valence-corrected chi connectivity index (χ4v) is 13.6. The maximum atomic E-state index is 6.32. The summed E-state index contributed by atoms with van der Waals surface area (Å²) in [6, 6.07) is 77.5. The standard InChI is InChI=1S/C76H62O8/c1-71(43-81-71)39-77-59-25-17-47-29-55(21-13-51(47)33-59)75(56-22-14-52-34-60(26-18-48(52)30-56)78-40-72(2)44-82-72)67-11-7-5-9-63(67)65-38-70-66(37-69(65)75)64-10-6-8-12-68(64)76(70,57-23-15-53-35-61(27-19-49(53)31-57)79-41-73(3)45-83-73)58-24-16-54-36-62(28-20-50(54)32-58)80-42-74(4)46-84-74/h5-38H,39-46H2,1-4H3. The maximum Gasteiger partial charge on any atom is 0.123 e. The molecule has 4 fully saturated rings. The fourth-order valence-electron chi connectivity index (χ4n) is 13.6. The molecule has 0 N–H and O–H groups in total. The molecule has 0 aromatic heterocycles. The predicted octanol–water partition coefficient (Wildman–Crippen LogP) is 15.7. The van der Waals surface area contributed by atoms with Crippen molar-refractivity contribution in [1.82, 2.24) is 0 Å². The normalized spacial score (nSPS) is 25.5. The molecule has 4 aliphatic heterocycles. The van der Waals surface area contributed by atoms with Gasteiger partial charge in [-0.1, -0.05) is 121 Å². The van der Waals surface area contributed by atoms with Gasteiger partial charge in [0.15, 0.2) is 0 Å². The molecule has 0 spiro atoms. The molecule has 6 aliphatic rings. The summed E-state index contributed by atoms with van der Waals surface area (Å²) < 4.78 is 48.0. The largest absolute Gasteiger partial charge is 0.490 e. The Bertz CT molecular complexity index is 4060. The second-order valence-electron chi connectivity index (χ2n) is 25.5. The van der Waals surface area contributed by atoms with Crippen LogP contribution < -0.4 is 18.9 Å². The Morgan fingerprint density at radius 3 is 0.798 bits per heavy atom. The van der Waals surface area contributed by atoms with E-state index in [-0.39, 0.29) is 22.4 Å². The van der Waals surface area contributed by atoms with Crippen molar-refractivity contribution in [2.45, 2.75) is 60.9 Å². The van der Waals surface area contributed by atoms with E-state index in [1.165, 1.54) is 66.8 Å². The summed E-state index contributed by atoms with van der Waals surface area (Å²) in [6.07, 6.45) is 0. The van der Waals surface area contributed by atoms with Crippen molar-refractivity contribution in [3.63, 3.8) is 0 Å². The molecule has 0 radical (unpaired) electrons. The van der Waals surface area contributed by atoms with Gasteiger partial charge in [-0.05, 0) is 222 Å². The monoisotopic (exact) mass is 1100 g/mol. The van der Waals surface area contributed by atoms with Crippen molar-refractivity contribution in [1.29, 1.82) is 0 Å². The number of benzene rings is 11. The van der Waals surface area contributed by atoms with E-state index < -0.39 is 10.8 Å². The summed E-state index contributed by atoms with van der Waals surface area (Å²) in [6.45, 7) is 13.3. The zero-order valence-electron chi connectivity index (χ0n) is 47.6. The third kappa shape index (κ3) is 8.17. The highest BCUT2D eigenvalue weighted by Gasteiger charge is 2.52. The second kappa shape index (κ2) is 18.0. The van der Waals surface area contributed by atoms with E-state index in [0.717, 1.165) is 92.5 Å². The molecule has 0 saturated carbocycles. The van der Waals surface area contributed by atoms with Crippen molar-refractivity contribution in [2.75, 3.05) is 52.9 Å². The van der Waals surface area contributed by atoms with Crippen molar-refractivity contribution in [2.24, 2.45) is 0 Å². The van der Waals surface area contributed by atoms with Gasteiger partial charge in [0.05, 0.1) is 37.3 Å². The molecule has 2 aliphatic carbocycles. The van der Waals surface area contributed by atoms with Gasteiger partial charge in [0.2, 0.25) is 0 Å². The molecule has 4 atom stereocenters. The van der Waals surface area contributed by atoms with E-state index in [1.54, 1.807) is 0 Å². The molecule has 11 aromatic carbocycles. The summed E-state index contributed by atoms with van der Waals surface area (Å²) in [5, 5.41) is 9.04. The zero-order chi connectivity index (χ0) is 56.2. The highest BCUT2D eigenvalue weighted by molar-refractivity contribution is 5.98. The van der Waals surface area contributed by atoms with Gasteiger partial charge in [-0.15, -0.1) is 0 Å². The number of hydrogen-bond acceptors (Lipinski definition) is 8. The quantitative estimate of drug-likeness (QED) is 0.0885. The van der Waals surface area contributed by atoms with Crippen molar-refractivity contribution in [3.8, 4) is 45.3 Å². The molecule has 84 heavy (non-hydrogen) atoms. The van der Waals surface area contributed by atoms with Gasteiger partial charge in [-0.2, -0.15) is 0 Å². The zero-order valence-corrected chi connectivity index (χ0v) is 47.6. The Labute approximate surface area is 488 Å². The minimum absolute atomic E-state index is 0.215. The van der Waals surface area contributed by atoms with Crippen molar-refractivity contribution < 1.29 is 37.9 Å². The van der Waals surface area contributed by atoms with Crippen LogP contribution in [0.2, 0.25) is 0 Å². The van der Waals surface area contributed by atoms with Crippen LogP contribution in [-0.2, 0) is 29.8 Å². The Hall–Kier alpha value is -8.50. The molecule has 11 aromatic rings. The SMILES string of the molecule is CC1(COc2ccc3cc(C4(c5ccc6cc(OCC7(C)CO7)ccc6c5)c5ccccc5-c5cc6c(cc54)-c4ccccc4C6(c4ccc5cc(OCC6(C)CO6)ccc5c4)c4ccc5cc(OCC6(C)CO6)ccc5c4)ccc3c2)CO1. The molecule has 0 amide bonds. The van der Waals surface area contributed by atoms with Crippen LogP contribution in [0.3, 0.4) is 0 Å². The van der Waals surface area contributed by atoms with E-state index in [4.69, 9.17) is 37.9 Å².